The average Bonchev–Trinajstić information content (AvgIpc) is 2.57. The largest absolute Gasteiger partial charge is 0.384 e. The van der Waals surface area contributed by atoms with Gasteiger partial charge in [-0.05, 0) is 0 Å². The van der Waals surface area contributed by atoms with Gasteiger partial charge in [0.05, 0.1) is 25.2 Å². The van der Waals surface area contributed by atoms with E-state index in [2.05, 4.69) is 0 Å². The van der Waals surface area contributed by atoms with E-state index >= 15 is 0 Å². The maximum Gasteiger partial charge on any atom is 0.127 e. The third-order valence-corrected chi connectivity index (χ3v) is 4.45. The first kappa shape index (κ1) is 22.6. The molecule has 0 amide bonds. The average molecular weight is 366 g/mol. The van der Waals surface area contributed by atoms with Gasteiger partial charge in [-0.2, -0.15) is 10.0 Å². The molecule has 1 fully saturated rings. The second-order valence-electron chi connectivity index (χ2n) is 6.19. The standard InChI is InChI=1S/C15H34N4O6/c1-20-8-14(9-21-2)7-17(11-23-4)19(13-25-6)18(12-24-5)15(14,16)10-22-3/h7-13,16H2,1-6H3. The molecule has 10 nitrogen and oxygen atoms in total. The number of hydrogen-bond acceptors (Lipinski definition) is 10. The summed E-state index contributed by atoms with van der Waals surface area (Å²) in [5.41, 5.74) is 5.39. The van der Waals surface area contributed by atoms with Crippen LogP contribution in [0.25, 0.3) is 0 Å². The Hall–Kier alpha value is -0.400. The first-order valence-corrected chi connectivity index (χ1v) is 8.02. The van der Waals surface area contributed by atoms with Crippen LogP contribution in [0.3, 0.4) is 0 Å². The van der Waals surface area contributed by atoms with Crippen molar-refractivity contribution in [3.63, 3.8) is 0 Å². The summed E-state index contributed by atoms with van der Waals surface area (Å²) in [5.74, 6) is 0. The Balaban J connectivity index is 3.42. The molecule has 1 atom stereocenters. The monoisotopic (exact) mass is 366 g/mol. The Morgan fingerprint density at radius 2 is 1.24 bits per heavy atom. The fraction of sp³-hybridized carbons (Fsp3) is 1.00. The quantitative estimate of drug-likeness (QED) is 0.470. The smallest absolute Gasteiger partial charge is 0.127 e. The fourth-order valence-corrected chi connectivity index (χ4v) is 3.42. The molecule has 1 unspecified atom stereocenters. The number of nitrogens with two attached hydrogens (primary N) is 1. The minimum atomic E-state index is -0.952. The zero-order chi connectivity index (χ0) is 18.9. The van der Waals surface area contributed by atoms with Crippen LogP contribution in [0.2, 0.25) is 0 Å². The maximum atomic E-state index is 6.93. The third kappa shape index (κ3) is 4.66. The second kappa shape index (κ2) is 10.7. The molecule has 0 aromatic rings. The Morgan fingerprint density at radius 1 is 0.720 bits per heavy atom. The van der Waals surface area contributed by atoms with Crippen LogP contribution in [0.1, 0.15) is 0 Å². The zero-order valence-corrected chi connectivity index (χ0v) is 16.3. The lowest BCUT2D eigenvalue weighted by Gasteiger charge is -2.62. The molecule has 1 aliphatic heterocycles. The van der Waals surface area contributed by atoms with Crippen molar-refractivity contribution in [3.05, 3.63) is 0 Å². The minimum Gasteiger partial charge on any atom is -0.384 e. The predicted octanol–water partition coefficient (Wildman–Crippen LogP) is -0.872. The first-order valence-electron chi connectivity index (χ1n) is 8.02. The Bertz CT molecular complexity index is 372. The molecule has 2 N–H and O–H groups in total. The summed E-state index contributed by atoms with van der Waals surface area (Å²) in [5, 5.41) is 5.73. The Morgan fingerprint density at radius 3 is 1.68 bits per heavy atom. The highest BCUT2D eigenvalue weighted by Crippen LogP contribution is 2.40. The van der Waals surface area contributed by atoms with Gasteiger partial charge < -0.3 is 34.2 Å². The van der Waals surface area contributed by atoms with Gasteiger partial charge in [-0.25, -0.2) is 0 Å². The van der Waals surface area contributed by atoms with Crippen LogP contribution in [0.5, 0.6) is 0 Å². The van der Waals surface area contributed by atoms with Crippen LogP contribution in [0.4, 0.5) is 0 Å². The second-order valence-corrected chi connectivity index (χ2v) is 6.19. The number of nitrogens with zero attached hydrogens (tertiary/aromatic N) is 3. The van der Waals surface area contributed by atoms with Crippen LogP contribution in [0.15, 0.2) is 0 Å². The molecule has 0 spiro atoms. The molecule has 1 saturated heterocycles. The van der Waals surface area contributed by atoms with Crippen molar-refractivity contribution < 1.29 is 28.4 Å². The van der Waals surface area contributed by atoms with E-state index in [4.69, 9.17) is 34.2 Å². The van der Waals surface area contributed by atoms with E-state index in [1.54, 1.807) is 42.7 Å². The van der Waals surface area contributed by atoms with E-state index in [0.717, 1.165) is 0 Å². The third-order valence-electron chi connectivity index (χ3n) is 4.45. The lowest BCUT2D eigenvalue weighted by atomic mass is 9.75. The van der Waals surface area contributed by atoms with Crippen molar-refractivity contribution in [2.24, 2.45) is 11.1 Å². The van der Waals surface area contributed by atoms with Gasteiger partial charge in [0.2, 0.25) is 0 Å². The van der Waals surface area contributed by atoms with Crippen LogP contribution in [0, 0.1) is 5.41 Å². The molecule has 1 aliphatic rings. The van der Waals surface area contributed by atoms with Gasteiger partial charge >= 0.3 is 0 Å². The summed E-state index contributed by atoms with van der Waals surface area (Å²) in [6.07, 6.45) is 0. The van der Waals surface area contributed by atoms with Crippen molar-refractivity contribution in [3.8, 4) is 0 Å². The van der Waals surface area contributed by atoms with Crippen molar-refractivity contribution in [1.82, 2.24) is 15.1 Å². The molecule has 1 rings (SSSR count). The summed E-state index contributed by atoms with van der Waals surface area (Å²) in [6, 6.07) is 0. The van der Waals surface area contributed by atoms with Crippen molar-refractivity contribution in [2.45, 2.75) is 5.66 Å². The normalized spacial score (nSPS) is 25.6. The van der Waals surface area contributed by atoms with E-state index in [9.17, 15) is 0 Å². The Kier molecular flexibility index (Phi) is 9.67. The lowest BCUT2D eigenvalue weighted by molar-refractivity contribution is -0.371. The first-order chi connectivity index (χ1) is 12.0. The number of hydrazine groups is 2. The molecule has 1 heterocycles. The van der Waals surface area contributed by atoms with E-state index < -0.39 is 11.1 Å². The molecule has 0 aliphatic carbocycles. The van der Waals surface area contributed by atoms with Crippen LogP contribution in [-0.4, -0.2) is 110 Å². The van der Waals surface area contributed by atoms with Crippen LogP contribution >= 0.6 is 0 Å². The molecule has 0 radical (unpaired) electrons. The molecular formula is C15H34N4O6. The molecule has 0 aromatic carbocycles. The van der Waals surface area contributed by atoms with Crippen LogP contribution < -0.4 is 5.73 Å². The van der Waals surface area contributed by atoms with Gasteiger partial charge in [0, 0.05) is 49.2 Å². The molecular weight excluding hydrogens is 332 g/mol. The van der Waals surface area contributed by atoms with Gasteiger partial charge in [-0.1, -0.05) is 0 Å². The summed E-state index contributed by atoms with van der Waals surface area (Å²) in [6.45, 7) is 2.41. The Labute approximate surface area is 150 Å². The van der Waals surface area contributed by atoms with Gasteiger partial charge in [0.1, 0.15) is 25.9 Å². The van der Waals surface area contributed by atoms with E-state index in [-0.39, 0.29) is 20.1 Å². The highest BCUT2D eigenvalue weighted by molar-refractivity contribution is 5.05. The predicted molar refractivity (Wildman–Crippen MR) is 91.0 cm³/mol. The SMILES string of the molecule is COCN1CC(COC)(COC)C(N)(COC)N(COC)N1COC. The van der Waals surface area contributed by atoms with Crippen LogP contribution in [-0.2, 0) is 28.4 Å². The molecule has 0 bridgehead atoms. The lowest BCUT2D eigenvalue weighted by Crippen LogP contribution is -2.83. The number of rotatable bonds is 12. The number of ether oxygens (including phenoxy) is 6. The zero-order valence-electron chi connectivity index (χ0n) is 16.3. The van der Waals surface area contributed by atoms with Crippen molar-refractivity contribution >= 4 is 0 Å². The molecule has 10 heteroatoms. The van der Waals surface area contributed by atoms with Crippen molar-refractivity contribution in [2.75, 3.05) is 89.2 Å². The van der Waals surface area contributed by atoms with Gasteiger partial charge in [0.15, 0.2) is 0 Å². The van der Waals surface area contributed by atoms with E-state index in [0.29, 0.717) is 26.5 Å². The molecule has 150 valence electrons. The summed E-state index contributed by atoms with van der Waals surface area (Å²) in [7, 11) is 9.78. The fourth-order valence-electron chi connectivity index (χ4n) is 3.42. The highest BCUT2D eigenvalue weighted by atomic mass is 16.5. The van der Waals surface area contributed by atoms with Gasteiger partial charge in [-0.15, -0.1) is 5.12 Å². The molecule has 0 saturated carbocycles. The minimum absolute atomic E-state index is 0.235. The molecule has 0 aromatic heterocycles. The molecule has 25 heavy (non-hydrogen) atoms. The highest BCUT2D eigenvalue weighted by Gasteiger charge is 2.60. The van der Waals surface area contributed by atoms with Gasteiger partial charge in [-0.3, -0.25) is 0 Å². The van der Waals surface area contributed by atoms with E-state index in [1.165, 1.54) is 0 Å². The number of methoxy groups -OCH3 is 6. The number of hydrogen-bond donors (Lipinski definition) is 1. The summed E-state index contributed by atoms with van der Waals surface area (Å²) < 4.78 is 32.7. The summed E-state index contributed by atoms with van der Waals surface area (Å²) in [4.78, 5) is 0. The summed E-state index contributed by atoms with van der Waals surface area (Å²) >= 11 is 0. The van der Waals surface area contributed by atoms with Crippen molar-refractivity contribution in [1.29, 1.82) is 0 Å². The maximum absolute atomic E-state index is 6.93. The topological polar surface area (TPSA) is 91.1 Å². The van der Waals surface area contributed by atoms with Gasteiger partial charge in [0.25, 0.3) is 0 Å². The van der Waals surface area contributed by atoms with E-state index in [1.807, 2.05) is 15.1 Å².